The molecule has 2 fully saturated rings. The molecule has 1 unspecified atom stereocenters. The number of benzene rings is 1. The zero-order valence-corrected chi connectivity index (χ0v) is 17.5. The number of rotatable bonds is 7. The van der Waals surface area contributed by atoms with Crippen LogP contribution in [0.1, 0.15) is 23.8 Å². The van der Waals surface area contributed by atoms with Gasteiger partial charge in [0.15, 0.2) is 0 Å². The smallest absolute Gasteiger partial charge is 0.224 e. The summed E-state index contributed by atoms with van der Waals surface area (Å²) in [4.78, 5) is 19.6. The minimum Gasteiger partial charge on any atom is -0.497 e. The van der Waals surface area contributed by atoms with Gasteiger partial charge in [-0.2, -0.15) is 0 Å². The number of methoxy groups -OCH3 is 2. The molecular weight excluding hydrogens is 362 g/mol. The van der Waals surface area contributed by atoms with E-state index in [1.165, 1.54) is 0 Å². The van der Waals surface area contributed by atoms with Crippen LogP contribution in [0.3, 0.4) is 0 Å². The molecule has 1 amide bonds. The van der Waals surface area contributed by atoms with E-state index in [4.69, 9.17) is 9.47 Å². The fourth-order valence-electron chi connectivity index (χ4n) is 3.69. The van der Waals surface area contributed by atoms with Gasteiger partial charge >= 0.3 is 0 Å². The van der Waals surface area contributed by atoms with Gasteiger partial charge in [-0.25, -0.2) is 0 Å². The van der Waals surface area contributed by atoms with Gasteiger partial charge in [-0.3, -0.25) is 4.79 Å². The van der Waals surface area contributed by atoms with Gasteiger partial charge in [0.05, 0.1) is 14.2 Å². The minimum atomic E-state index is -0.0104. The Morgan fingerprint density at radius 2 is 1.89 bits per heavy atom. The monoisotopic (exact) mass is 393 g/mol. The molecule has 6 nitrogen and oxygen atoms in total. The van der Waals surface area contributed by atoms with Crippen molar-refractivity contribution in [2.45, 2.75) is 18.2 Å². The zero-order valence-electron chi connectivity index (χ0n) is 16.6. The van der Waals surface area contributed by atoms with Crippen molar-refractivity contribution in [3.63, 3.8) is 0 Å². The Morgan fingerprint density at radius 3 is 2.59 bits per heavy atom. The van der Waals surface area contributed by atoms with E-state index in [1.807, 2.05) is 34.9 Å². The Bertz CT molecular complexity index is 635. The van der Waals surface area contributed by atoms with Gasteiger partial charge in [0.2, 0.25) is 5.91 Å². The number of nitrogens with zero attached hydrogens (tertiary/aromatic N) is 3. The van der Waals surface area contributed by atoms with Crippen LogP contribution in [-0.2, 0) is 4.79 Å². The Balaban J connectivity index is 1.67. The lowest BCUT2D eigenvalue weighted by atomic mass is 10.1. The topological polar surface area (TPSA) is 45.3 Å². The molecule has 2 heterocycles. The number of hydrogen-bond donors (Lipinski definition) is 0. The fourth-order valence-corrected chi connectivity index (χ4v) is 4.97. The highest BCUT2D eigenvalue weighted by atomic mass is 32.2. The highest BCUT2D eigenvalue weighted by Crippen LogP contribution is 2.42. The number of carbonyl (C=O) groups excluding carboxylic acids is 1. The minimum absolute atomic E-state index is 0.0104. The molecule has 2 aliphatic rings. The van der Waals surface area contributed by atoms with E-state index in [2.05, 4.69) is 16.8 Å². The summed E-state index contributed by atoms with van der Waals surface area (Å²) in [7, 11) is 5.52. The standard InChI is InChI=1S/C20H31N3O3S/c1-21-10-12-22(13-11-21)8-4-9-23-19(24)7-14-27-20(23)17-15-16(25-2)5-6-18(17)26-3/h5-6,15,20H,4,7-14H2,1-3H3. The van der Waals surface area contributed by atoms with E-state index in [0.717, 1.165) is 68.5 Å². The zero-order chi connectivity index (χ0) is 19.2. The quantitative estimate of drug-likeness (QED) is 0.708. The molecule has 0 spiro atoms. The van der Waals surface area contributed by atoms with Crippen molar-refractivity contribution in [2.75, 3.05) is 66.3 Å². The van der Waals surface area contributed by atoms with Gasteiger partial charge < -0.3 is 24.2 Å². The summed E-state index contributed by atoms with van der Waals surface area (Å²) in [6.07, 6.45) is 1.61. The fraction of sp³-hybridized carbons (Fsp3) is 0.650. The summed E-state index contributed by atoms with van der Waals surface area (Å²) in [5.41, 5.74) is 1.02. The van der Waals surface area contributed by atoms with Crippen LogP contribution in [0.2, 0.25) is 0 Å². The predicted octanol–water partition coefficient (Wildman–Crippen LogP) is 2.31. The third-order valence-electron chi connectivity index (χ3n) is 5.37. The van der Waals surface area contributed by atoms with E-state index >= 15 is 0 Å². The Morgan fingerprint density at radius 1 is 1.11 bits per heavy atom. The average molecular weight is 394 g/mol. The first-order chi connectivity index (χ1) is 13.1. The molecule has 1 aromatic carbocycles. The van der Waals surface area contributed by atoms with Crippen LogP contribution in [0, 0.1) is 0 Å². The van der Waals surface area contributed by atoms with Crippen molar-refractivity contribution in [3.8, 4) is 11.5 Å². The Labute approximate surface area is 166 Å². The van der Waals surface area contributed by atoms with E-state index < -0.39 is 0 Å². The molecule has 0 aromatic heterocycles. The van der Waals surface area contributed by atoms with Crippen LogP contribution in [0.5, 0.6) is 11.5 Å². The maximum Gasteiger partial charge on any atom is 0.224 e. The maximum absolute atomic E-state index is 12.7. The first-order valence-corrected chi connectivity index (χ1v) is 10.7. The van der Waals surface area contributed by atoms with Gasteiger partial charge in [0.25, 0.3) is 0 Å². The highest BCUT2D eigenvalue weighted by molar-refractivity contribution is 7.99. The lowest BCUT2D eigenvalue weighted by Crippen LogP contribution is -2.45. The van der Waals surface area contributed by atoms with Gasteiger partial charge in [0, 0.05) is 50.5 Å². The summed E-state index contributed by atoms with van der Waals surface area (Å²) >= 11 is 1.81. The van der Waals surface area contributed by atoms with Crippen molar-refractivity contribution >= 4 is 17.7 Å². The van der Waals surface area contributed by atoms with Gasteiger partial charge in [-0.1, -0.05) is 0 Å². The highest BCUT2D eigenvalue weighted by Gasteiger charge is 2.32. The largest absolute Gasteiger partial charge is 0.497 e. The van der Waals surface area contributed by atoms with E-state index in [1.54, 1.807) is 14.2 Å². The van der Waals surface area contributed by atoms with E-state index in [-0.39, 0.29) is 11.3 Å². The van der Waals surface area contributed by atoms with Gasteiger partial charge in [0.1, 0.15) is 16.9 Å². The number of thioether (sulfide) groups is 1. The first kappa shape index (κ1) is 20.3. The summed E-state index contributed by atoms with van der Waals surface area (Å²) in [6.45, 7) is 6.32. The molecule has 2 saturated heterocycles. The normalized spacial score (nSPS) is 22.1. The Kier molecular flexibility index (Phi) is 7.26. The third-order valence-corrected chi connectivity index (χ3v) is 6.63. The maximum atomic E-state index is 12.7. The van der Waals surface area contributed by atoms with Crippen molar-refractivity contribution in [1.82, 2.24) is 14.7 Å². The average Bonchev–Trinajstić information content (AvgIpc) is 2.70. The van der Waals surface area contributed by atoms with Crippen LogP contribution in [0.15, 0.2) is 18.2 Å². The molecular formula is C20H31N3O3S. The molecule has 27 heavy (non-hydrogen) atoms. The number of piperazine rings is 1. The second-order valence-corrected chi connectivity index (χ2v) is 8.35. The van der Waals surface area contributed by atoms with Crippen LogP contribution < -0.4 is 9.47 Å². The summed E-state index contributed by atoms with van der Waals surface area (Å²) in [5, 5.41) is -0.0104. The summed E-state index contributed by atoms with van der Waals surface area (Å²) < 4.78 is 11.0. The predicted molar refractivity (Wildman–Crippen MR) is 110 cm³/mol. The molecule has 0 bridgehead atoms. The van der Waals surface area contributed by atoms with Crippen molar-refractivity contribution in [3.05, 3.63) is 23.8 Å². The summed E-state index contributed by atoms with van der Waals surface area (Å²) in [5.74, 6) is 2.69. The molecule has 1 aromatic rings. The lowest BCUT2D eigenvalue weighted by Gasteiger charge is -2.37. The number of ether oxygens (including phenoxy) is 2. The van der Waals surface area contributed by atoms with Crippen molar-refractivity contribution < 1.29 is 14.3 Å². The van der Waals surface area contributed by atoms with E-state index in [9.17, 15) is 4.79 Å². The molecule has 2 aliphatic heterocycles. The van der Waals surface area contributed by atoms with Crippen LogP contribution in [-0.4, -0.2) is 86.9 Å². The summed E-state index contributed by atoms with van der Waals surface area (Å²) in [6, 6.07) is 5.83. The number of hydrogen-bond acceptors (Lipinski definition) is 6. The first-order valence-electron chi connectivity index (χ1n) is 9.66. The SMILES string of the molecule is COc1ccc(OC)c(C2SCCC(=O)N2CCCN2CCN(C)CC2)c1. The number of amides is 1. The molecule has 0 saturated carbocycles. The third kappa shape index (κ3) is 5.09. The second-order valence-electron chi connectivity index (χ2n) is 7.17. The molecule has 0 N–H and O–H groups in total. The molecule has 0 radical (unpaired) electrons. The van der Waals surface area contributed by atoms with E-state index in [0.29, 0.717) is 6.42 Å². The van der Waals surface area contributed by atoms with Crippen LogP contribution in [0.4, 0.5) is 0 Å². The van der Waals surface area contributed by atoms with Crippen LogP contribution in [0.25, 0.3) is 0 Å². The van der Waals surface area contributed by atoms with Crippen molar-refractivity contribution in [2.24, 2.45) is 0 Å². The van der Waals surface area contributed by atoms with Gasteiger partial charge in [-0.15, -0.1) is 11.8 Å². The van der Waals surface area contributed by atoms with Crippen LogP contribution >= 0.6 is 11.8 Å². The molecule has 150 valence electrons. The number of likely N-dealkylation sites (N-methyl/N-ethyl adjacent to an activating group) is 1. The lowest BCUT2D eigenvalue weighted by molar-refractivity contribution is -0.132. The second kappa shape index (κ2) is 9.66. The van der Waals surface area contributed by atoms with Crippen molar-refractivity contribution in [1.29, 1.82) is 0 Å². The molecule has 7 heteroatoms. The molecule has 0 aliphatic carbocycles. The number of carbonyl (C=O) groups is 1. The molecule has 3 rings (SSSR count). The Hall–Kier alpha value is -1.44. The molecule has 1 atom stereocenters. The van der Waals surface area contributed by atoms with Gasteiger partial charge in [-0.05, 0) is 38.2 Å².